The maximum absolute atomic E-state index is 3.49. The lowest BCUT2D eigenvalue weighted by Crippen LogP contribution is -1.85. The first-order valence-electron chi connectivity index (χ1n) is 9.43. The first-order chi connectivity index (χ1) is 9.85. The van der Waals surface area contributed by atoms with E-state index < -0.39 is 0 Å². The Kier molecular flexibility index (Phi) is 16.6. The lowest BCUT2D eigenvalue weighted by Gasteiger charge is -2.05. The van der Waals surface area contributed by atoms with Gasteiger partial charge in [-0.25, -0.2) is 0 Å². The van der Waals surface area contributed by atoms with E-state index in [1.807, 2.05) is 0 Å². The van der Waals surface area contributed by atoms with E-state index >= 15 is 0 Å². The Bertz CT molecular complexity index is 202. The molecule has 0 aliphatic rings. The smallest absolute Gasteiger partial charge is 0.0305 e. The van der Waals surface area contributed by atoms with Gasteiger partial charge in [-0.05, 0) is 31.8 Å². The Morgan fingerprint density at radius 2 is 1.05 bits per heavy atom. The third-order valence-electron chi connectivity index (χ3n) is 4.19. The fraction of sp³-hybridized carbons (Fsp3) is 0.900. The van der Waals surface area contributed by atoms with Crippen LogP contribution in [0.25, 0.3) is 0 Å². The molecular formula is C20H39. The lowest BCUT2D eigenvalue weighted by atomic mass is 10.0. The van der Waals surface area contributed by atoms with E-state index in [0.29, 0.717) is 0 Å². The third kappa shape index (κ3) is 14.2. The van der Waals surface area contributed by atoms with Crippen LogP contribution < -0.4 is 0 Å². The zero-order valence-corrected chi connectivity index (χ0v) is 14.6. The molecular weight excluding hydrogens is 240 g/mol. The molecule has 0 heteroatoms. The predicted octanol–water partition coefficient (Wildman–Crippen LogP) is 7.63. The molecule has 0 amide bonds. The van der Waals surface area contributed by atoms with Gasteiger partial charge in [0.05, 0.1) is 0 Å². The van der Waals surface area contributed by atoms with Crippen molar-refractivity contribution in [2.24, 2.45) is 0 Å². The Balaban J connectivity index is 3.15. The minimum atomic E-state index is 1.08. The van der Waals surface area contributed by atoms with E-state index in [1.165, 1.54) is 89.9 Å². The van der Waals surface area contributed by atoms with Crippen LogP contribution >= 0.6 is 0 Å². The predicted molar refractivity (Wildman–Crippen MR) is 93.0 cm³/mol. The van der Waals surface area contributed by atoms with Gasteiger partial charge >= 0.3 is 0 Å². The second kappa shape index (κ2) is 16.8. The first kappa shape index (κ1) is 19.7. The molecule has 0 rings (SSSR count). The molecule has 0 spiro atoms. The molecule has 0 fully saturated rings. The van der Waals surface area contributed by atoms with E-state index in [0.717, 1.165) is 6.42 Å². The van der Waals surface area contributed by atoms with Crippen molar-refractivity contribution in [3.05, 3.63) is 11.6 Å². The van der Waals surface area contributed by atoms with Crippen molar-refractivity contribution >= 4 is 0 Å². The number of unbranched alkanes of at least 4 members (excludes halogenated alkanes) is 11. The quantitative estimate of drug-likeness (QED) is 0.270. The Morgan fingerprint density at radius 1 is 0.600 bits per heavy atom. The highest BCUT2D eigenvalue weighted by Crippen LogP contribution is 2.15. The highest BCUT2D eigenvalue weighted by Gasteiger charge is 1.96. The summed E-state index contributed by atoms with van der Waals surface area (Å²) in [6.45, 7) is 6.75. The summed E-state index contributed by atoms with van der Waals surface area (Å²) >= 11 is 0. The van der Waals surface area contributed by atoms with Crippen LogP contribution in [0, 0.1) is 6.08 Å². The number of rotatable bonds is 15. The summed E-state index contributed by atoms with van der Waals surface area (Å²) < 4.78 is 0. The van der Waals surface area contributed by atoms with Crippen molar-refractivity contribution in [1.29, 1.82) is 0 Å². The van der Waals surface area contributed by atoms with Crippen LogP contribution in [0.5, 0.6) is 0 Å². The number of hydrogen-bond acceptors (Lipinski definition) is 0. The Morgan fingerprint density at radius 3 is 1.45 bits per heavy atom. The van der Waals surface area contributed by atoms with E-state index in [-0.39, 0.29) is 0 Å². The molecule has 1 radical (unpaired) electrons. The Hall–Kier alpha value is -0.260. The molecule has 20 heavy (non-hydrogen) atoms. The molecule has 0 nitrogen and oxygen atoms in total. The van der Waals surface area contributed by atoms with Gasteiger partial charge in [-0.3, -0.25) is 0 Å². The molecule has 0 aliphatic heterocycles. The summed E-state index contributed by atoms with van der Waals surface area (Å²) in [5.41, 5.74) is 1.56. The van der Waals surface area contributed by atoms with Gasteiger partial charge in [0.15, 0.2) is 0 Å². The normalized spacial score (nSPS) is 12.1. The fourth-order valence-corrected chi connectivity index (χ4v) is 2.82. The van der Waals surface area contributed by atoms with Crippen molar-refractivity contribution in [1.82, 2.24) is 0 Å². The van der Waals surface area contributed by atoms with Crippen LogP contribution in [-0.2, 0) is 0 Å². The van der Waals surface area contributed by atoms with Crippen LogP contribution in [0.2, 0.25) is 0 Å². The summed E-state index contributed by atoms with van der Waals surface area (Å²) in [5.74, 6) is 0. The van der Waals surface area contributed by atoms with Crippen molar-refractivity contribution in [2.45, 2.75) is 117 Å². The molecule has 0 heterocycles. The minimum absolute atomic E-state index is 1.08. The standard InChI is InChI=1S/C20H39/c1-4-7-8-9-10-11-12-13-14-15-16-17-19-20(6-3)18-5-2/h4-17,19H2,1-3H3. The van der Waals surface area contributed by atoms with Crippen LogP contribution in [0.4, 0.5) is 0 Å². The summed E-state index contributed by atoms with van der Waals surface area (Å²) in [5, 5.41) is 0. The van der Waals surface area contributed by atoms with E-state index in [1.54, 1.807) is 5.57 Å². The van der Waals surface area contributed by atoms with Gasteiger partial charge in [0.25, 0.3) is 0 Å². The van der Waals surface area contributed by atoms with Crippen LogP contribution in [-0.4, -0.2) is 0 Å². The molecule has 0 aromatic carbocycles. The molecule has 0 bridgehead atoms. The van der Waals surface area contributed by atoms with Gasteiger partial charge in [0, 0.05) is 0 Å². The zero-order chi connectivity index (χ0) is 14.9. The maximum Gasteiger partial charge on any atom is -0.0305 e. The molecule has 0 N–H and O–H groups in total. The maximum atomic E-state index is 3.49. The summed E-state index contributed by atoms with van der Waals surface area (Å²) in [4.78, 5) is 0. The minimum Gasteiger partial charge on any atom is -0.0670 e. The zero-order valence-electron chi connectivity index (χ0n) is 14.6. The largest absolute Gasteiger partial charge is 0.0670 e. The summed E-state index contributed by atoms with van der Waals surface area (Å²) in [6, 6.07) is 0. The van der Waals surface area contributed by atoms with Gasteiger partial charge in [-0.15, -0.1) is 0 Å². The van der Waals surface area contributed by atoms with Gasteiger partial charge < -0.3 is 0 Å². The molecule has 0 atom stereocenters. The molecule has 0 aliphatic carbocycles. The average molecular weight is 280 g/mol. The summed E-state index contributed by atoms with van der Waals surface area (Å²) in [6.07, 6.45) is 24.4. The summed E-state index contributed by atoms with van der Waals surface area (Å²) in [7, 11) is 0. The van der Waals surface area contributed by atoms with Gasteiger partial charge in [0.1, 0.15) is 0 Å². The van der Waals surface area contributed by atoms with E-state index in [2.05, 4.69) is 26.8 Å². The van der Waals surface area contributed by atoms with Crippen molar-refractivity contribution in [2.75, 3.05) is 0 Å². The van der Waals surface area contributed by atoms with E-state index in [4.69, 9.17) is 0 Å². The molecule has 119 valence electrons. The monoisotopic (exact) mass is 279 g/mol. The fourth-order valence-electron chi connectivity index (χ4n) is 2.82. The highest BCUT2D eigenvalue weighted by molar-refractivity contribution is 4.95. The van der Waals surface area contributed by atoms with Gasteiger partial charge in [-0.1, -0.05) is 97.0 Å². The van der Waals surface area contributed by atoms with Crippen molar-refractivity contribution in [3.8, 4) is 0 Å². The molecule has 0 saturated heterocycles. The van der Waals surface area contributed by atoms with Crippen LogP contribution in [0.15, 0.2) is 5.57 Å². The van der Waals surface area contributed by atoms with Crippen molar-refractivity contribution < 1.29 is 0 Å². The average Bonchev–Trinajstić information content (AvgIpc) is 2.47. The Labute approximate surface area is 129 Å². The SMILES string of the molecule is CC/[C]=C(\CC)CCCCCCCCCCCCCC. The third-order valence-corrected chi connectivity index (χ3v) is 4.19. The molecule has 0 aromatic rings. The number of allylic oxidation sites excluding steroid dienone is 2. The molecule has 0 aromatic heterocycles. The molecule has 0 unspecified atom stereocenters. The second-order valence-corrected chi connectivity index (χ2v) is 6.13. The van der Waals surface area contributed by atoms with E-state index in [9.17, 15) is 0 Å². The van der Waals surface area contributed by atoms with Gasteiger partial charge in [0.2, 0.25) is 0 Å². The highest BCUT2D eigenvalue weighted by atomic mass is 14.0. The van der Waals surface area contributed by atoms with Crippen molar-refractivity contribution in [3.63, 3.8) is 0 Å². The molecule has 0 saturated carbocycles. The number of hydrogen-bond donors (Lipinski definition) is 0. The topological polar surface area (TPSA) is 0 Å². The lowest BCUT2D eigenvalue weighted by molar-refractivity contribution is 0.543. The van der Waals surface area contributed by atoms with Crippen LogP contribution in [0.1, 0.15) is 117 Å². The van der Waals surface area contributed by atoms with Gasteiger partial charge in [-0.2, -0.15) is 0 Å². The second-order valence-electron chi connectivity index (χ2n) is 6.13. The first-order valence-corrected chi connectivity index (χ1v) is 9.43. The van der Waals surface area contributed by atoms with Crippen LogP contribution in [0.3, 0.4) is 0 Å².